The molecule has 2 rings (SSSR count). The number of aromatic nitrogens is 3. The van der Waals surface area contributed by atoms with Crippen molar-refractivity contribution in [3.8, 4) is 0 Å². The second-order valence-electron chi connectivity index (χ2n) is 3.41. The van der Waals surface area contributed by atoms with Crippen LogP contribution < -0.4 is 11.1 Å². The zero-order valence-corrected chi connectivity index (χ0v) is 10.8. The molecule has 5 nitrogen and oxygen atoms in total. The second kappa shape index (κ2) is 5.29. The fourth-order valence-electron chi connectivity index (χ4n) is 1.45. The van der Waals surface area contributed by atoms with Crippen molar-refractivity contribution in [3.63, 3.8) is 0 Å². The molecular weight excluding hydrogens is 258 g/mol. The Morgan fingerprint density at radius 3 is 2.88 bits per heavy atom. The first-order valence-corrected chi connectivity index (χ1v) is 6.41. The van der Waals surface area contributed by atoms with Crippen molar-refractivity contribution < 1.29 is 0 Å². The Morgan fingerprint density at radius 2 is 2.29 bits per heavy atom. The van der Waals surface area contributed by atoms with Crippen LogP contribution in [0.5, 0.6) is 0 Å². The van der Waals surface area contributed by atoms with E-state index >= 15 is 0 Å². The Morgan fingerprint density at radius 1 is 1.47 bits per heavy atom. The van der Waals surface area contributed by atoms with Crippen LogP contribution in [-0.2, 0) is 0 Å². The van der Waals surface area contributed by atoms with Gasteiger partial charge in [-0.2, -0.15) is 15.0 Å². The van der Waals surface area contributed by atoms with E-state index in [2.05, 4.69) is 33.3 Å². The molecule has 0 radical (unpaired) electrons. The first-order valence-electron chi connectivity index (χ1n) is 5.16. The topological polar surface area (TPSA) is 76.7 Å². The highest BCUT2D eigenvalue weighted by molar-refractivity contribution is 7.10. The molecule has 1 unspecified atom stereocenters. The van der Waals surface area contributed by atoms with E-state index in [4.69, 9.17) is 17.3 Å². The predicted octanol–water partition coefficient (Wildman–Crippen LogP) is 2.73. The number of rotatable bonds is 4. The molecule has 1 atom stereocenters. The van der Waals surface area contributed by atoms with E-state index in [-0.39, 0.29) is 17.3 Å². The van der Waals surface area contributed by atoms with Gasteiger partial charge in [0.05, 0.1) is 6.04 Å². The van der Waals surface area contributed by atoms with Gasteiger partial charge in [-0.1, -0.05) is 13.0 Å². The fraction of sp³-hybridized carbons (Fsp3) is 0.300. The Labute approximate surface area is 108 Å². The minimum atomic E-state index is 0.0982. The molecule has 0 saturated carbocycles. The van der Waals surface area contributed by atoms with Gasteiger partial charge in [-0.25, -0.2) is 0 Å². The maximum absolute atomic E-state index is 5.72. The van der Waals surface area contributed by atoms with E-state index in [0.717, 1.165) is 6.42 Å². The van der Waals surface area contributed by atoms with Gasteiger partial charge in [0.25, 0.3) is 0 Å². The van der Waals surface area contributed by atoms with Crippen molar-refractivity contribution in [2.45, 2.75) is 19.4 Å². The molecule has 0 fully saturated rings. The quantitative estimate of drug-likeness (QED) is 0.892. The standard InChI is InChI=1S/C10H12ClN5S/c1-2-6(7-4-3-5-17-7)13-10-15-8(11)14-9(12)16-10/h3-6H,2H2,1H3,(H3,12,13,14,15,16). The summed E-state index contributed by atoms with van der Waals surface area (Å²) < 4.78 is 0. The van der Waals surface area contributed by atoms with Crippen molar-refractivity contribution in [3.05, 3.63) is 27.7 Å². The van der Waals surface area contributed by atoms with Crippen LogP contribution in [0.3, 0.4) is 0 Å². The van der Waals surface area contributed by atoms with Crippen LogP contribution in [-0.4, -0.2) is 15.0 Å². The summed E-state index contributed by atoms with van der Waals surface area (Å²) in [5, 5.41) is 5.33. The third kappa shape index (κ3) is 3.04. The van der Waals surface area contributed by atoms with Gasteiger partial charge in [0.15, 0.2) is 0 Å². The molecule has 0 amide bonds. The number of hydrogen-bond acceptors (Lipinski definition) is 6. The monoisotopic (exact) mass is 269 g/mol. The van der Waals surface area contributed by atoms with E-state index in [1.54, 1.807) is 11.3 Å². The molecule has 0 aliphatic rings. The smallest absolute Gasteiger partial charge is 0.229 e. The van der Waals surface area contributed by atoms with Crippen molar-refractivity contribution >= 4 is 34.8 Å². The van der Waals surface area contributed by atoms with Crippen molar-refractivity contribution in [2.24, 2.45) is 0 Å². The third-order valence-corrected chi connectivity index (χ3v) is 3.38. The van der Waals surface area contributed by atoms with Gasteiger partial charge >= 0.3 is 0 Å². The fourth-order valence-corrected chi connectivity index (χ4v) is 2.48. The molecular formula is C10H12ClN5S. The lowest BCUT2D eigenvalue weighted by Gasteiger charge is -2.15. The molecule has 0 bridgehead atoms. The molecule has 3 N–H and O–H groups in total. The molecule has 17 heavy (non-hydrogen) atoms. The Bertz CT molecular complexity index is 467. The second-order valence-corrected chi connectivity index (χ2v) is 4.72. The lowest BCUT2D eigenvalue weighted by molar-refractivity contribution is 0.750. The molecule has 0 spiro atoms. The summed E-state index contributed by atoms with van der Waals surface area (Å²) in [6.45, 7) is 2.09. The highest BCUT2D eigenvalue weighted by Crippen LogP contribution is 2.25. The summed E-state index contributed by atoms with van der Waals surface area (Å²) in [4.78, 5) is 12.9. The normalized spacial score (nSPS) is 12.4. The average molecular weight is 270 g/mol. The zero-order valence-electron chi connectivity index (χ0n) is 9.22. The van der Waals surface area contributed by atoms with Crippen LogP contribution in [0.2, 0.25) is 5.28 Å². The van der Waals surface area contributed by atoms with Crippen molar-refractivity contribution in [2.75, 3.05) is 11.1 Å². The molecule has 2 heterocycles. The summed E-state index contributed by atoms with van der Waals surface area (Å²) in [5.41, 5.74) is 5.51. The number of anilines is 2. The van der Waals surface area contributed by atoms with Crippen LogP contribution >= 0.6 is 22.9 Å². The first-order chi connectivity index (χ1) is 8.19. The molecule has 2 aromatic heterocycles. The van der Waals surface area contributed by atoms with Gasteiger partial charge < -0.3 is 11.1 Å². The minimum absolute atomic E-state index is 0.0982. The van der Waals surface area contributed by atoms with Crippen molar-refractivity contribution in [1.29, 1.82) is 0 Å². The predicted molar refractivity (Wildman–Crippen MR) is 70.2 cm³/mol. The maximum atomic E-state index is 5.72. The van der Waals surface area contributed by atoms with E-state index in [1.165, 1.54) is 4.88 Å². The maximum Gasteiger partial charge on any atom is 0.229 e. The SMILES string of the molecule is CCC(Nc1nc(N)nc(Cl)n1)c1cccs1. The number of nitrogen functional groups attached to an aromatic ring is 1. The van der Waals surface area contributed by atoms with Crippen LogP contribution in [0.1, 0.15) is 24.3 Å². The minimum Gasteiger partial charge on any atom is -0.368 e. The average Bonchev–Trinajstić information content (AvgIpc) is 2.77. The number of nitrogens with one attached hydrogen (secondary N) is 1. The van der Waals surface area contributed by atoms with Gasteiger partial charge in [0.1, 0.15) is 0 Å². The molecule has 2 aromatic rings. The molecule has 0 aliphatic carbocycles. The van der Waals surface area contributed by atoms with Crippen LogP contribution in [0, 0.1) is 0 Å². The number of halogens is 1. The van der Waals surface area contributed by atoms with E-state index in [9.17, 15) is 0 Å². The summed E-state index contributed by atoms with van der Waals surface area (Å²) >= 11 is 7.41. The van der Waals surface area contributed by atoms with Crippen LogP contribution in [0.15, 0.2) is 17.5 Å². The molecule has 0 aromatic carbocycles. The molecule has 90 valence electrons. The Balaban J connectivity index is 2.18. The Hall–Kier alpha value is -1.40. The van der Waals surface area contributed by atoms with Gasteiger partial charge in [0, 0.05) is 4.88 Å². The number of thiophene rings is 1. The van der Waals surface area contributed by atoms with E-state index in [1.807, 2.05) is 11.4 Å². The first kappa shape index (κ1) is 12.1. The largest absolute Gasteiger partial charge is 0.368 e. The number of nitrogens with two attached hydrogens (primary N) is 1. The molecule has 0 aliphatic heterocycles. The summed E-state index contributed by atoms with van der Waals surface area (Å²) in [7, 11) is 0. The van der Waals surface area contributed by atoms with E-state index < -0.39 is 0 Å². The van der Waals surface area contributed by atoms with Crippen molar-refractivity contribution in [1.82, 2.24) is 15.0 Å². The lowest BCUT2D eigenvalue weighted by atomic mass is 10.2. The van der Waals surface area contributed by atoms with Gasteiger partial charge in [-0.05, 0) is 29.5 Å². The van der Waals surface area contributed by atoms with E-state index in [0.29, 0.717) is 5.95 Å². The van der Waals surface area contributed by atoms with Gasteiger partial charge in [-0.3, -0.25) is 0 Å². The number of hydrogen-bond donors (Lipinski definition) is 2. The molecule has 0 saturated heterocycles. The lowest BCUT2D eigenvalue weighted by Crippen LogP contribution is -2.12. The summed E-state index contributed by atoms with van der Waals surface area (Å²) in [6, 6.07) is 4.24. The summed E-state index contributed by atoms with van der Waals surface area (Å²) in [5.74, 6) is 0.524. The van der Waals surface area contributed by atoms with Gasteiger partial charge in [-0.15, -0.1) is 11.3 Å². The van der Waals surface area contributed by atoms with Crippen LogP contribution in [0.4, 0.5) is 11.9 Å². The Kier molecular flexibility index (Phi) is 3.75. The summed E-state index contributed by atoms with van der Waals surface area (Å²) in [6.07, 6.45) is 0.920. The molecule has 7 heteroatoms. The van der Waals surface area contributed by atoms with Crippen LogP contribution in [0.25, 0.3) is 0 Å². The zero-order chi connectivity index (χ0) is 12.3. The van der Waals surface area contributed by atoms with Gasteiger partial charge in [0.2, 0.25) is 17.2 Å². The third-order valence-electron chi connectivity index (χ3n) is 2.22. The number of nitrogens with zero attached hydrogens (tertiary/aromatic N) is 3. The highest BCUT2D eigenvalue weighted by Gasteiger charge is 2.12. The highest BCUT2D eigenvalue weighted by atomic mass is 35.5.